The van der Waals surface area contributed by atoms with Crippen LogP contribution < -0.4 is 5.56 Å². The second kappa shape index (κ2) is 6.62. The van der Waals surface area contributed by atoms with Crippen molar-refractivity contribution < 1.29 is 9.53 Å². The first-order valence-electron chi connectivity index (χ1n) is 7.92. The van der Waals surface area contributed by atoms with Gasteiger partial charge in [-0.3, -0.25) is 14.5 Å². The Morgan fingerprint density at radius 1 is 1.32 bits per heavy atom. The van der Waals surface area contributed by atoms with Crippen LogP contribution in [0.4, 0.5) is 0 Å². The minimum Gasteiger partial charge on any atom is -0.368 e. The topological polar surface area (TPSA) is 54.8 Å². The maximum atomic E-state index is 12.3. The molecule has 1 aromatic heterocycles. The molecule has 6 heteroatoms. The molecule has 0 aliphatic carbocycles. The van der Waals surface area contributed by atoms with Gasteiger partial charge in [-0.2, -0.15) is 0 Å². The number of piperazine rings is 1. The standard InChI is InChI=1S/C16H23N3O3/c1-17-5-4-13(11-15(17)20)12-18-6-8-19(9-7-18)16(21)14-3-2-10-22-14/h4-5,11,14H,2-3,6-10,12H2,1H3. The Morgan fingerprint density at radius 3 is 2.73 bits per heavy atom. The Balaban J connectivity index is 1.52. The van der Waals surface area contributed by atoms with Crippen LogP contribution in [0.15, 0.2) is 23.1 Å². The molecular formula is C16H23N3O3. The van der Waals surface area contributed by atoms with Crippen molar-refractivity contribution in [2.45, 2.75) is 25.5 Å². The van der Waals surface area contributed by atoms with E-state index < -0.39 is 0 Å². The highest BCUT2D eigenvalue weighted by Crippen LogP contribution is 2.16. The largest absolute Gasteiger partial charge is 0.368 e. The zero-order valence-electron chi connectivity index (χ0n) is 13.0. The van der Waals surface area contributed by atoms with E-state index in [0.29, 0.717) is 6.61 Å². The molecule has 120 valence electrons. The number of carbonyl (C=O) groups is 1. The minimum absolute atomic E-state index is 0.0182. The van der Waals surface area contributed by atoms with Crippen molar-refractivity contribution in [2.75, 3.05) is 32.8 Å². The van der Waals surface area contributed by atoms with Gasteiger partial charge in [-0.05, 0) is 24.5 Å². The molecule has 0 aromatic carbocycles. The number of hydrogen-bond donors (Lipinski definition) is 0. The molecule has 6 nitrogen and oxygen atoms in total. The molecule has 1 aromatic rings. The van der Waals surface area contributed by atoms with Gasteiger partial charge in [0.1, 0.15) is 6.10 Å². The van der Waals surface area contributed by atoms with Crippen molar-refractivity contribution in [3.63, 3.8) is 0 Å². The van der Waals surface area contributed by atoms with Crippen LogP contribution in [0.2, 0.25) is 0 Å². The van der Waals surface area contributed by atoms with Gasteiger partial charge >= 0.3 is 0 Å². The van der Waals surface area contributed by atoms with Gasteiger partial charge in [-0.25, -0.2) is 0 Å². The maximum Gasteiger partial charge on any atom is 0.251 e. The molecular weight excluding hydrogens is 282 g/mol. The van der Waals surface area contributed by atoms with Crippen LogP contribution in [0, 0.1) is 0 Å². The number of nitrogens with zero attached hydrogens (tertiary/aromatic N) is 3. The second-order valence-corrected chi connectivity index (χ2v) is 6.09. The van der Waals surface area contributed by atoms with Crippen molar-refractivity contribution in [3.05, 3.63) is 34.2 Å². The van der Waals surface area contributed by atoms with Crippen molar-refractivity contribution in [1.29, 1.82) is 0 Å². The summed E-state index contributed by atoms with van der Waals surface area (Å²) in [4.78, 5) is 28.1. The highest BCUT2D eigenvalue weighted by Gasteiger charge is 2.30. The summed E-state index contributed by atoms with van der Waals surface area (Å²) in [6, 6.07) is 3.66. The number of rotatable bonds is 3. The normalized spacial score (nSPS) is 23.0. The van der Waals surface area contributed by atoms with Gasteiger partial charge in [0, 0.05) is 58.6 Å². The second-order valence-electron chi connectivity index (χ2n) is 6.09. The molecule has 0 bridgehead atoms. The van der Waals surface area contributed by atoms with Gasteiger partial charge < -0.3 is 14.2 Å². The average molecular weight is 305 g/mol. The van der Waals surface area contributed by atoms with Crippen LogP contribution in [0.1, 0.15) is 18.4 Å². The van der Waals surface area contributed by atoms with Crippen molar-refractivity contribution >= 4 is 5.91 Å². The van der Waals surface area contributed by atoms with E-state index in [4.69, 9.17) is 4.74 Å². The Bertz CT molecular complexity index is 585. The van der Waals surface area contributed by atoms with Gasteiger partial charge in [-0.15, -0.1) is 0 Å². The van der Waals surface area contributed by atoms with E-state index in [9.17, 15) is 9.59 Å². The summed E-state index contributed by atoms with van der Waals surface area (Å²) in [6.07, 6.45) is 3.42. The summed E-state index contributed by atoms with van der Waals surface area (Å²) in [5.74, 6) is 0.144. The van der Waals surface area contributed by atoms with E-state index in [1.807, 2.05) is 11.0 Å². The van der Waals surface area contributed by atoms with E-state index in [-0.39, 0.29) is 17.6 Å². The van der Waals surface area contributed by atoms with E-state index in [2.05, 4.69) is 4.90 Å². The molecule has 1 unspecified atom stereocenters. The number of carbonyl (C=O) groups excluding carboxylic acids is 1. The van der Waals surface area contributed by atoms with E-state index in [1.54, 1.807) is 23.9 Å². The van der Waals surface area contributed by atoms with Crippen LogP contribution >= 0.6 is 0 Å². The first kappa shape index (κ1) is 15.2. The van der Waals surface area contributed by atoms with Crippen LogP contribution in [-0.2, 0) is 23.1 Å². The lowest BCUT2D eigenvalue weighted by Gasteiger charge is -2.35. The fraction of sp³-hybridized carbons (Fsp3) is 0.625. The monoisotopic (exact) mass is 305 g/mol. The molecule has 1 amide bonds. The van der Waals surface area contributed by atoms with E-state index >= 15 is 0 Å². The summed E-state index contributed by atoms with van der Waals surface area (Å²) in [5, 5.41) is 0. The third-order valence-corrected chi connectivity index (χ3v) is 4.46. The van der Waals surface area contributed by atoms with Gasteiger partial charge in [-0.1, -0.05) is 0 Å². The molecule has 0 spiro atoms. The summed E-state index contributed by atoms with van der Waals surface area (Å²) in [6.45, 7) is 4.63. The third kappa shape index (κ3) is 3.39. The number of ether oxygens (including phenoxy) is 1. The molecule has 2 aliphatic rings. The van der Waals surface area contributed by atoms with Crippen LogP contribution in [0.3, 0.4) is 0 Å². The third-order valence-electron chi connectivity index (χ3n) is 4.46. The summed E-state index contributed by atoms with van der Waals surface area (Å²) in [7, 11) is 1.75. The van der Waals surface area contributed by atoms with Crippen LogP contribution in [-0.4, -0.2) is 59.2 Å². The quantitative estimate of drug-likeness (QED) is 0.801. The molecule has 0 N–H and O–H groups in total. The minimum atomic E-state index is -0.219. The molecule has 2 fully saturated rings. The predicted octanol–water partition coefficient (Wildman–Crippen LogP) is 0.209. The lowest BCUT2D eigenvalue weighted by molar-refractivity contribution is -0.142. The smallest absolute Gasteiger partial charge is 0.251 e. The van der Waals surface area contributed by atoms with Gasteiger partial charge in [0.05, 0.1) is 0 Å². The Labute approximate surface area is 130 Å². The van der Waals surface area contributed by atoms with Crippen LogP contribution in [0.25, 0.3) is 0 Å². The molecule has 2 aliphatic heterocycles. The van der Waals surface area contributed by atoms with Crippen LogP contribution in [0.5, 0.6) is 0 Å². The molecule has 22 heavy (non-hydrogen) atoms. The van der Waals surface area contributed by atoms with Gasteiger partial charge in [0.25, 0.3) is 11.5 Å². The SMILES string of the molecule is Cn1ccc(CN2CCN(C(=O)C3CCCO3)CC2)cc1=O. The number of aryl methyl sites for hydroxylation is 1. The fourth-order valence-electron chi connectivity index (χ4n) is 3.05. The summed E-state index contributed by atoms with van der Waals surface area (Å²) in [5.41, 5.74) is 1.05. The summed E-state index contributed by atoms with van der Waals surface area (Å²) >= 11 is 0. The van der Waals surface area contributed by atoms with Gasteiger partial charge in [0.15, 0.2) is 0 Å². The van der Waals surface area contributed by atoms with Crippen molar-refractivity contribution in [3.8, 4) is 0 Å². The first-order chi connectivity index (χ1) is 10.6. The van der Waals surface area contributed by atoms with Crippen molar-refractivity contribution in [1.82, 2.24) is 14.4 Å². The Hall–Kier alpha value is -1.66. The predicted molar refractivity (Wildman–Crippen MR) is 82.5 cm³/mol. The lowest BCUT2D eigenvalue weighted by atomic mass is 10.2. The highest BCUT2D eigenvalue weighted by molar-refractivity contribution is 5.81. The summed E-state index contributed by atoms with van der Waals surface area (Å²) < 4.78 is 7.04. The van der Waals surface area contributed by atoms with Crippen molar-refractivity contribution in [2.24, 2.45) is 7.05 Å². The lowest BCUT2D eigenvalue weighted by Crippen LogP contribution is -2.51. The Morgan fingerprint density at radius 2 is 2.09 bits per heavy atom. The molecule has 0 radical (unpaired) electrons. The fourth-order valence-corrected chi connectivity index (χ4v) is 3.05. The Kier molecular flexibility index (Phi) is 4.59. The first-order valence-corrected chi connectivity index (χ1v) is 7.92. The zero-order chi connectivity index (χ0) is 15.5. The zero-order valence-corrected chi connectivity index (χ0v) is 13.0. The number of pyridine rings is 1. The number of hydrogen-bond acceptors (Lipinski definition) is 4. The van der Waals surface area contributed by atoms with Gasteiger partial charge in [0.2, 0.25) is 0 Å². The molecule has 1 atom stereocenters. The molecule has 3 heterocycles. The van der Waals surface area contributed by atoms with E-state index in [0.717, 1.165) is 51.1 Å². The number of amides is 1. The molecule has 2 saturated heterocycles. The average Bonchev–Trinajstić information content (AvgIpc) is 3.05. The molecule has 3 rings (SSSR count). The number of aromatic nitrogens is 1. The maximum absolute atomic E-state index is 12.3. The van der Waals surface area contributed by atoms with E-state index in [1.165, 1.54) is 0 Å². The molecule has 0 saturated carbocycles. The highest BCUT2D eigenvalue weighted by atomic mass is 16.5.